The Kier molecular flexibility index (Phi) is 3.52. The molecule has 0 spiro atoms. The minimum absolute atomic E-state index is 0.352. The summed E-state index contributed by atoms with van der Waals surface area (Å²) in [4.78, 5) is 10.8. The van der Waals surface area contributed by atoms with Crippen LogP contribution in [0.3, 0.4) is 0 Å². The van der Waals surface area contributed by atoms with Gasteiger partial charge < -0.3 is 11.1 Å². The summed E-state index contributed by atoms with van der Waals surface area (Å²) in [7, 11) is 0. The molecule has 0 bridgehead atoms. The fourth-order valence-corrected chi connectivity index (χ4v) is 1.57. The minimum atomic E-state index is -0.354. The molecule has 3 nitrogen and oxygen atoms in total. The molecule has 4 heteroatoms. The molecule has 0 fully saturated rings. The van der Waals surface area contributed by atoms with E-state index in [4.69, 9.17) is 5.73 Å². The first kappa shape index (κ1) is 11.0. The van der Waals surface area contributed by atoms with E-state index in [2.05, 4.69) is 21.2 Å². The molecule has 3 N–H and O–H groups in total. The number of anilines is 1. The predicted octanol–water partition coefficient (Wildman–Crippen LogP) is 2.04. The van der Waals surface area contributed by atoms with E-state index in [1.54, 1.807) is 6.92 Å². The summed E-state index contributed by atoms with van der Waals surface area (Å²) in [6.45, 7) is 3.71. The van der Waals surface area contributed by atoms with Gasteiger partial charge in [0.2, 0.25) is 5.91 Å². The smallest absolute Gasteiger partial charge is 0.239 e. The van der Waals surface area contributed by atoms with E-state index in [0.29, 0.717) is 0 Å². The molecule has 1 amide bonds. The number of nitrogens with one attached hydrogen (secondary N) is 1. The summed E-state index contributed by atoms with van der Waals surface area (Å²) in [6, 6.07) is 5.47. The lowest BCUT2D eigenvalue weighted by Gasteiger charge is -2.13. The number of aryl methyl sites for hydroxylation is 1. The van der Waals surface area contributed by atoms with Crippen molar-refractivity contribution >= 4 is 27.5 Å². The Morgan fingerprint density at radius 1 is 1.57 bits per heavy atom. The van der Waals surface area contributed by atoms with Crippen LogP contribution in [-0.4, -0.2) is 11.9 Å². The van der Waals surface area contributed by atoms with Crippen LogP contribution >= 0.6 is 15.9 Å². The lowest BCUT2D eigenvalue weighted by Crippen LogP contribution is -2.32. The molecule has 1 rings (SSSR count). The van der Waals surface area contributed by atoms with Gasteiger partial charge in [-0.25, -0.2) is 0 Å². The Balaban J connectivity index is 2.82. The number of benzene rings is 1. The highest BCUT2D eigenvalue weighted by atomic mass is 79.9. The van der Waals surface area contributed by atoms with Gasteiger partial charge in [-0.15, -0.1) is 0 Å². The minimum Gasteiger partial charge on any atom is -0.374 e. The fourth-order valence-electron chi connectivity index (χ4n) is 1.09. The highest BCUT2D eigenvalue weighted by Gasteiger charge is 2.08. The van der Waals surface area contributed by atoms with Crippen molar-refractivity contribution < 1.29 is 4.79 Å². The summed E-state index contributed by atoms with van der Waals surface area (Å²) in [5.74, 6) is -0.354. The lowest BCUT2D eigenvalue weighted by molar-refractivity contribution is -0.118. The Labute approximate surface area is 91.8 Å². The van der Waals surface area contributed by atoms with Gasteiger partial charge in [-0.3, -0.25) is 4.79 Å². The molecule has 0 saturated carbocycles. The molecule has 1 atom stereocenters. The topological polar surface area (TPSA) is 55.1 Å². The van der Waals surface area contributed by atoms with Crippen LogP contribution < -0.4 is 11.1 Å². The molecule has 1 unspecified atom stereocenters. The molecule has 0 aliphatic heterocycles. The maximum atomic E-state index is 10.8. The number of carbonyl (C=O) groups is 1. The first-order valence-corrected chi connectivity index (χ1v) is 5.12. The van der Waals surface area contributed by atoms with Crippen LogP contribution in [0.25, 0.3) is 0 Å². The number of halogens is 1. The van der Waals surface area contributed by atoms with Crippen LogP contribution in [0.4, 0.5) is 5.69 Å². The average Bonchev–Trinajstić information content (AvgIpc) is 2.09. The monoisotopic (exact) mass is 256 g/mol. The number of carbonyl (C=O) groups excluding carboxylic acids is 1. The molecule has 0 aliphatic rings. The number of hydrogen-bond acceptors (Lipinski definition) is 2. The molecule has 0 heterocycles. The number of rotatable bonds is 3. The van der Waals surface area contributed by atoms with E-state index < -0.39 is 0 Å². The van der Waals surface area contributed by atoms with Crippen LogP contribution in [-0.2, 0) is 4.79 Å². The highest BCUT2D eigenvalue weighted by molar-refractivity contribution is 9.10. The van der Waals surface area contributed by atoms with E-state index >= 15 is 0 Å². The second-order valence-electron chi connectivity index (χ2n) is 3.23. The quantitative estimate of drug-likeness (QED) is 0.870. The van der Waals surface area contributed by atoms with Crippen molar-refractivity contribution in [3.8, 4) is 0 Å². The predicted molar refractivity (Wildman–Crippen MR) is 61.2 cm³/mol. The van der Waals surface area contributed by atoms with Gasteiger partial charge in [0.05, 0.1) is 0 Å². The van der Waals surface area contributed by atoms with E-state index in [-0.39, 0.29) is 11.9 Å². The van der Waals surface area contributed by atoms with Crippen LogP contribution in [0.5, 0.6) is 0 Å². The van der Waals surface area contributed by atoms with Gasteiger partial charge in [-0.1, -0.05) is 15.9 Å². The number of hydrogen-bond donors (Lipinski definition) is 2. The van der Waals surface area contributed by atoms with E-state index in [9.17, 15) is 4.79 Å². The number of primary amides is 1. The van der Waals surface area contributed by atoms with Gasteiger partial charge in [0.25, 0.3) is 0 Å². The van der Waals surface area contributed by atoms with Crippen molar-refractivity contribution in [1.29, 1.82) is 0 Å². The summed E-state index contributed by atoms with van der Waals surface area (Å²) in [5, 5.41) is 3.04. The van der Waals surface area contributed by atoms with Crippen molar-refractivity contribution in [2.75, 3.05) is 5.32 Å². The van der Waals surface area contributed by atoms with E-state index in [1.165, 1.54) is 0 Å². The molecule has 76 valence electrons. The number of nitrogens with two attached hydrogens (primary N) is 1. The fraction of sp³-hybridized carbons (Fsp3) is 0.300. The van der Waals surface area contributed by atoms with Gasteiger partial charge in [-0.05, 0) is 37.6 Å². The second-order valence-corrected chi connectivity index (χ2v) is 4.14. The van der Waals surface area contributed by atoms with Crippen molar-refractivity contribution in [2.45, 2.75) is 19.9 Å². The second kappa shape index (κ2) is 4.46. The summed E-state index contributed by atoms with van der Waals surface area (Å²) in [5.41, 5.74) is 7.16. The van der Waals surface area contributed by atoms with Crippen LogP contribution in [0.1, 0.15) is 12.5 Å². The zero-order chi connectivity index (χ0) is 10.7. The highest BCUT2D eigenvalue weighted by Crippen LogP contribution is 2.20. The third-order valence-electron chi connectivity index (χ3n) is 1.99. The van der Waals surface area contributed by atoms with Gasteiger partial charge >= 0.3 is 0 Å². The largest absolute Gasteiger partial charge is 0.374 e. The normalized spacial score (nSPS) is 12.2. The molecular weight excluding hydrogens is 244 g/mol. The first-order chi connectivity index (χ1) is 6.50. The SMILES string of the molecule is Cc1cc(Br)ccc1NC(C)C(N)=O. The van der Waals surface area contributed by atoms with Gasteiger partial charge in [-0.2, -0.15) is 0 Å². The van der Waals surface area contributed by atoms with Crippen molar-refractivity contribution in [3.63, 3.8) is 0 Å². The van der Waals surface area contributed by atoms with Gasteiger partial charge in [0.15, 0.2) is 0 Å². The zero-order valence-electron chi connectivity index (χ0n) is 8.17. The van der Waals surface area contributed by atoms with Crippen LogP contribution in [0.15, 0.2) is 22.7 Å². The third kappa shape index (κ3) is 2.73. The van der Waals surface area contributed by atoms with Gasteiger partial charge in [0, 0.05) is 10.2 Å². The molecular formula is C10H13BrN2O. The van der Waals surface area contributed by atoms with E-state index in [1.807, 2.05) is 25.1 Å². The third-order valence-corrected chi connectivity index (χ3v) is 2.48. The summed E-state index contributed by atoms with van der Waals surface area (Å²) >= 11 is 3.37. The van der Waals surface area contributed by atoms with Crippen LogP contribution in [0.2, 0.25) is 0 Å². The van der Waals surface area contributed by atoms with Crippen molar-refractivity contribution in [1.82, 2.24) is 0 Å². The maximum Gasteiger partial charge on any atom is 0.239 e. The average molecular weight is 257 g/mol. The summed E-state index contributed by atoms with van der Waals surface area (Å²) < 4.78 is 1.02. The van der Waals surface area contributed by atoms with Gasteiger partial charge in [0.1, 0.15) is 6.04 Å². The standard InChI is InChI=1S/C10H13BrN2O/c1-6-5-8(11)3-4-9(6)13-7(2)10(12)14/h3-5,7,13H,1-2H3,(H2,12,14). The van der Waals surface area contributed by atoms with Crippen molar-refractivity contribution in [3.05, 3.63) is 28.2 Å². The lowest BCUT2D eigenvalue weighted by atomic mass is 10.2. The number of amides is 1. The Morgan fingerprint density at radius 2 is 2.21 bits per heavy atom. The van der Waals surface area contributed by atoms with Crippen molar-refractivity contribution in [2.24, 2.45) is 5.73 Å². The molecule has 0 saturated heterocycles. The molecule has 1 aromatic carbocycles. The zero-order valence-corrected chi connectivity index (χ0v) is 9.76. The first-order valence-electron chi connectivity index (χ1n) is 4.32. The summed E-state index contributed by atoms with van der Waals surface area (Å²) in [6.07, 6.45) is 0. The Bertz CT molecular complexity index is 352. The molecule has 0 aliphatic carbocycles. The van der Waals surface area contributed by atoms with E-state index in [0.717, 1.165) is 15.7 Å². The molecule has 1 aromatic rings. The Morgan fingerprint density at radius 3 is 2.71 bits per heavy atom. The molecule has 0 aromatic heterocycles. The van der Waals surface area contributed by atoms with Crippen LogP contribution in [0, 0.1) is 6.92 Å². The Hall–Kier alpha value is -1.03. The molecule has 0 radical (unpaired) electrons. The maximum absolute atomic E-state index is 10.8. The molecule has 14 heavy (non-hydrogen) atoms.